The van der Waals surface area contributed by atoms with Crippen LogP contribution >= 0.6 is 0 Å². The SMILES string of the molecule is COc1ccc2c(c1)CCCC(OC(C)=O)C2=O. The first-order chi connectivity index (χ1) is 8.61. The fraction of sp³-hybridized carbons (Fsp3) is 0.429. The van der Waals surface area contributed by atoms with Gasteiger partial charge in [-0.2, -0.15) is 0 Å². The van der Waals surface area contributed by atoms with Crippen molar-refractivity contribution in [3.8, 4) is 5.75 Å². The van der Waals surface area contributed by atoms with E-state index in [0.29, 0.717) is 12.0 Å². The number of hydrogen-bond acceptors (Lipinski definition) is 4. The van der Waals surface area contributed by atoms with E-state index in [1.165, 1.54) is 6.92 Å². The quantitative estimate of drug-likeness (QED) is 0.594. The molecule has 0 saturated carbocycles. The molecule has 0 bridgehead atoms. The Morgan fingerprint density at radius 3 is 2.83 bits per heavy atom. The van der Waals surface area contributed by atoms with Crippen LogP contribution < -0.4 is 4.74 Å². The summed E-state index contributed by atoms with van der Waals surface area (Å²) in [6.45, 7) is 1.33. The van der Waals surface area contributed by atoms with Crippen molar-refractivity contribution in [3.05, 3.63) is 29.3 Å². The van der Waals surface area contributed by atoms with Crippen molar-refractivity contribution in [2.45, 2.75) is 32.3 Å². The van der Waals surface area contributed by atoms with Crippen LogP contribution in [0.15, 0.2) is 18.2 Å². The van der Waals surface area contributed by atoms with Gasteiger partial charge < -0.3 is 9.47 Å². The lowest BCUT2D eigenvalue weighted by atomic mass is 10.0. The zero-order valence-electron chi connectivity index (χ0n) is 10.6. The summed E-state index contributed by atoms with van der Waals surface area (Å²) in [5, 5.41) is 0. The topological polar surface area (TPSA) is 52.6 Å². The molecule has 0 radical (unpaired) electrons. The summed E-state index contributed by atoms with van der Waals surface area (Å²) in [5.41, 5.74) is 1.61. The second-order valence-corrected chi connectivity index (χ2v) is 4.38. The molecule has 0 spiro atoms. The molecule has 0 heterocycles. The van der Waals surface area contributed by atoms with Crippen molar-refractivity contribution in [2.24, 2.45) is 0 Å². The summed E-state index contributed by atoms with van der Waals surface area (Å²) < 4.78 is 10.2. The minimum absolute atomic E-state index is 0.111. The van der Waals surface area contributed by atoms with Crippen LogP contribution in [0.4, 0.5) is 0 Å². The second-order valence-electron chi connectivity index (χ2n) is 4.38. The maximum atomic E-state index is 12.3. The van der Waals surface area contributed by atoms with Crippen molar-refractivity contribution in [2.75, 3.05) is 7.11 Å². The summed E-state index contributed by atoms with van der Waals surface area (Å²) in [6, 6.07) is 5.38. The van der Waals surface area contributed by atoms with E-state index in [1.54, 1.807) is 19.2 Å². The van der Waals surface area contributed by atoms with Gasteiger partial charge in [0.2, 0.25) is 5.78 Å². The minimum Gasteiger partial charge on any atom is -0.497 e. The van der Waals surface area contributed by atoms with Crippen LogP contribution in [-0.4, -0.2) is 25.0 Å². The Hall–Kier alpha value is -1.84. The molecule has 18 heavy (non-hydrogen) atoms. The summed E-state index contributed by atoms with van der Waals surface area (Å²) in [4.78, 5) is 23.2. The molecule has 1 aliphatic carbocycles. The van der Waals surface area contributed by atoms with Gasteiger partial charge in [-0.1, -0.05) is 0 Å². The summed E-state index contributed by atoms with van der Waals surface area (Å²) in [6.07, 6.45) is 1.56. The molecule has 1 atom stereocenters. The molecule has 0 amide bonds. The number of hydrogen-bond donors (Lipinski definition) is 0. The number of rotatable bonds is 2. The molecule has 1 aromatic rings. The number of carbonyl (C=O) groups is 2. The second kappa shape index (κ2) is 5.21. The number of carbonyl (C=O) groups excluding carboxylic acids is 2. The van der Waals surface area contributed by atoms with E-state index in [9.17, 15) is 9.59 Å². The van der Waals surface area contributed by atoms with E-state index >= 15 is 0 Å². The molecular formula is C14H16O4. The van der Waals surface area contributed by atoms with Crippen LogP contribution in [-0.2, 0) is 16.0 Å². The van der Waals surface area contributed by atoms with Gasteiger partial charge in [-0.15, -0.1) is 0 Å². The number of esters is 1. The Kier molecular flexibility index (Phi) is 3.65. The summed E-state index contributed by atoms with van der Waals surface area (Å²) >= 11 is 0. The Morgan fingerprint density at radius 1 is 1.39 bits per heavy atom. The molecule has 2 rings (SSSR count). The van der Waals surface area contributed by atoms with Crippen LogP contribution in [0.2, 0.25) is 0 Å². The van der Waals surface area contributed by atoms with Crippen LogP contribution in [0.5, 0.6) is 5.75 Å². The predicted octanol–water partition coefficient (Wildman–Crippen LogP) is 2.15. The Bertz CT molecular complexity index is 479. The lowest BCUT2D eigenvalue weighted by molar-refractivity contribution is -0.144. The van der Waals surface area contributed by atoms with E-state index in [-0.39, 0.29) is 5.78 Å². The fourth-order valence-corrected chi connectivity index (χ4v) is 2.24. The molecular weight excluding hydrogens is 232 g/mol. The number of methoxy groups -OCH3 is 1. The number of benzene rings is 1. The molecule has 1 aliphatic rings. The van der Waals surface area contributed by atoms with Crippen molar-refractivity contribution in [1.82, 2.24) is 0 Å². The third-order valence-electron chi connectivity index (χ3n) is 3.09. The molecule has 96 valence electrons. The Labute approximate surface area is 106 Å². The summed E-state index contributed by atoms with van der Waals surface area (Å²) in [7, 11) is 1.60. The van der Waals surface area contributed by atoms with Crippen molar-refractivity contribution in [1.29, 1.82) is 0 Å². The van der Waals surface area contributed by atoms with Gasteiger partial charge in [0, 0.05) is 12.5 Å². The van der Waals surface area contributed by atoms with E-state index in [4.69, 9.17) is 9.47 Å². The van der Waals surface area contributed by atoms with Gasteiger partial charge in [0.05, 0.1) is 7.11 Å². The van der Waals surface area contributed by atoms with Gasteiger partial charge >= 0.3 is 5.97 Å². The van der Waals surface area contributed by atoms with Gasteiger partial charge in [-0.3, -0.25) is 9.59 Å². The molecule has 0 aromatic heterocycles. The van der Waals surface area contributed by atoms with Gasteiger partial charge in [0.15, 0.2) is 6.10 Å². The lowest BCUT2D eigenvalue weighted by Gasteiger charge is -2.13. The van der Waals surface area contributed by atoms with Gasteiger partial charge in [-0.25, -0.2) is 0 Å². The number of ether oxygens (including phenoxy) is 2. The highest BCUT2D eigenvalue weighted by Gasteiger charge is 2.27. The van der Waals surface area contributed by atoms with E-state index in [2.05, 4.69) is 0 Å². The predicted molar refractivity (Wildman–Crippen MR) is 65.8 cm³/mol. The van der Waals surface area contributed by atoms with Crippen LogP contribution in [0.1, 0.15) is 35.7 Å². The van der Waals surface area contributed by atoms with Crippen LogP contribution in [0.25, 0.3) is 0 Å². The van der Waals surface area contributed by atoms with Gasteiger partial charge in [0.25, 0.3) is 0 Å². The summed E-state index contributed by atoms with van der Waals surface area (Å²) in [5.74, 6) is 0.221. The largest absolute Gasteiger partial charge is 0.497 e. The number of ketones is 1. The van der Waals surface area contributed by atoms with E-state index < -0.39 is 12.1 Å². The smallest absolute Gasteiger partial charge is 0.303 e. The van der Waals surface area contributed by atoms with Crippen LogP contribution in [0, 0.1) is 0 Å². The van der Waals surface area contributed by atoms with Crippen molar-refractivity contribution in [3.63, 3.8) is 0 Å². The zero-order chi connectivity index (χ0) is 13.1. The molecule has 1 unspecified atom stereocenters. The van der Waals surface area contributed by atoms with Gasteiger partial charge in [-0.05, 0) is 43.0 Å². The fourth-order valence-electron chi connectivity index (χ4n) is 2.24. The monoisotopic (exact) mass is 248 g/mol. The highest BCUT2D eigenvalue weighted by molar-refractivity contribution is 6.02. The molecule has 0 fully saturated rings. The molecule has 0 aliphatic heterocycles. The van der Waals surface area contributed by atoms with E-state index in [1.807, 2.05) is 6.07 Å². The maximum Gasteiger partial charge on any atom is 0.303 e. The normalized spacial score (nSPS) is 18.8. The standard InChI is InChI=1S/C14H16O4/c1-9(15)18-13-5-3-4-10-8-11(17-2)6-7-12(10)14(13)16/h6-8,13H,3-5H2,1-2H3. The number of Topliss-reactive ketones (excluding diaryl/α,β-unsaturated/α-hetero) is 1. The van der Waals surface area contributed by atoms with Crippen LogP contribution in [0.3, 0.4) is 0 Å². The first kappa shape index (κ1) is 12.6. The third-order valence-corrected chi connectivity index (χ3v) is 3.09. The van der Waals surface area contributed by atoms with Crippen molar-refractivity contribution < 1.29 is 19.1 Å². The number of fused-ring (bicyclic) bond motifs is 1. The lowest BCUT2D eigenvalue weighted by Crippen LogP contribution is -2.25. The molecule has 4 heteroatoms. The molecule has 0 saturated heterocycles. The zero-order valence-corrected chi connectivity index (χ0v) is 10.6. The Morgan fingerprint density at radius 2 is 2.17 bits per heavy atom. The van der Waals surface area contributed by atoms with Gasteiger partial charge in [0.1, 0.15) is 5.75 Å². The first-order valence-corrected chi connectivity index (χ1v) is 6.00. The highest BCUT2D eigenvalue weighted by Crippen LogP contribution is 2.26. The maximum absolute atomic E-state index is 12.3. The average molecular weight is 248 g/mol. The first-order valence-electron chi connectivity index (χ1n) is 6.00. The van der Waals surface area contributed by atoms with Crippen molar-refractivity contribution >= 4 is 11.8 Å². The minimum atomic E-state index is -0.642. The van der Waals surface area contributed by atoms with E-state index in [0.717, 1.165) is 24.2 Å². The molecule has 4 nitrogen and oxygen atoms in total. The number of aryl methyl sites for hydroxylation is 1. The molecule has 1 aromatic carbocycles. The molecule has 0 N–H and O–H groups in total. The third kappa shape index (κ3) is 2.53. The average Bonchev–Trinajstić information content (AvgIpc) is 2.49. The Balaban J connectivity index is 2.32. The highest BCUT2D eigenvalue weighted by atomic mass is 16.5.